The van der Waals surface area contributed by atoms with Gasteiger partial charge in [-0.1, -0.05) is 61.7 Å². The van der Waals surface area contributed by atoms with Gasteiger partial charge in [-0.05, 0) is 29.8 Å². The zero-order valence-electron chi connectivity index (χ0n) is 11.5. The Kier molecular flexibility index (Phi) is 4.52. The van der Waals surface area contributed by atoms with Crippen LogP contribution in [0.5, 0.6) is 0 Å². The first-order chi connectivity index (χ1) is 9.72. The summed E-state index contributed by atoms with van der Waals surface area (Å²) in [5, 5.41) is 0. The van der Waals surface area contributed by atoms with E-state index in [-0.39, 0.29) is 11.7 Å². The van der Waals surface area contributed by atoms with Crippen molar-refractivity contribution in [3.8, 4) is 11.8 Å². The van der Waals surface area contributed by atoms with E-state index >= 15 is 0 Å². The molecule has 0 saturated carbocycles. The summed E-state index contributed by atoms with van der Waals surface area (Å²) in [6.07, 6.45) is 1.37. The molecule has 0 aromatic heterocycles. The third-order valence-corrected chi connectivity index (χ3v) is 3.17. The maximum absolute atomic E-state index is 11.8. The second kappa shape index (κ2) is 6.54. The number of hydrogen-bond acceptors (Lipinski definition) is 1. The van der Waals surface area contributed by atoms with Crippen LogP contribution in [0.25, 0.3) is 0 Å². The van der Waals surface area contributed by atoms with Crippen LogP contribution in [-0.4, -0.2) is 5.78 Å². The molecule has 1 nitrogen and oxygen atoms in total. The zero-order chi connectivity index (χ0) is 14.4. The summed E-state index contributed by atoms with van der Waals surface area (Å²) in [7, 11) is 0. The first kappa shape index (κ1) is 13.8. The SMILES string of the molecule is C=CC(=O)C(C)c1ccccc1C#Cc1ccccc1. The van der Waals surface area contributed by atoms with E-state index in [0.29, 0.717) is 0 Å². The smallest absolute Gasteiger partial charge is 0.162 e. The molecule has 1 heteroatoms. The molecule has 0 aliphatic carbocycles. The third-order valence-electron chi connectivity index (χ3n) is 3.17. The molecule has 0 bridgehead atoms. The second-order valence-corrected chi connectivity index (χ2v) is 4.53. The van der Waals surface area contributed by atoms with Gasteiger partial charge < -0.3 is 0 Å². The Bertz CT molecular complexity index is 672. The van der Waals surface area contributed by atoms with Crippen LogP contribution >= 0.6 is 0 Å². The quantitative estimate of drug-likeness (QED) is 0.603. The van der Waals surface area contributed by atoms with Crippen LogP contribution in [0.2, 0.25) is 0 Å². The van der Waals surface area contributed by atoms with Crippen molar-refractivity contribution < 1.29 is 4.79 Å². The van der Waals surface area contributed by atoms with E-state index in [2.05, 4.69) is 18.4 Å². The molecule has 2 aromatic rings. The highest BCUT2D eigenvalue weighted by Gasteiger charge is 2.14. The molecule has 0 aliphatic heterocycles. The molecule has 0 fully saturated rings. The minimum Gasteiger partial charge on any atom is -0.294 e. The van der Waals surface area contributed by atoms with Gasteiger partial charge in [0, 0.05) is 17.0 Å². The summed E-state index contributed by atoms with van der Waals surface area (Å²) < 4.78 is 0. The summed E-state index contributed by atoms with van der Waals surface area (Å²) in [4.78, 5) is 11.8. The van der Waals surface area contributed by atoms with Crippen LogP contribution in [-0.2, 0) is 4.79 Å². The molecule has 0 heterocycles. The number of rotatable bonds is 3. The summed E-state index contributed by atoms with van der Waals surface area (Å²) in [5.41, 5.74) is 2.80. The first-order valence-corrected chi connectivity index (χ1v) is 6.54. The fourth-order valence-electron chi connectivity index (χ4n) is 1.98. The average molecular weight is 260 g/mol. The van der Waals surface area contributed by atoms with Crippen molar-refractivity contribution >= 4 is 5.78 Å². The average Bonchev–Trinajstić information content (AvgIpc) is 2.52. The van der Waals surface area contributed by atoms with Crippen molar-refractivity contribution in [2.75, 3.05) is 0 Å². The molecule has 0 aliphatic rings. The van der Waals surface area contributed by atoms with Gasteiger partial charge in [-0.15, -0.1) is 0 Å². The number of carbonyl (C=O) groups is 1. The van der Waals surface area contributed by atoms with Crippen LogP contribution in [0.1, 0.15) is 29.5 Å². The van der Waals surface area contributed by atoms with Gasteiger partial charge in [-0.25, -0.2) is 0 Å². The van der Waals surface area contributed by atoms with Crippen LogP contribution in [0.3, 0.4) is 0 Å². The number of carbonyl (C=O) groups excluding carboxylic acids is 1. The molecule has 2 aromatic carbocycles. The fourth-order valence-corrected chi connectivity index (χ4v) is 1.98. The molecule has 1 unspecified atom stereocenters. The molecule has 0 amide bonds. The molecule has 0 radical (unpaired) electrons. The minimum absolute atomic E-state index is 0.0129. The maximum atomic E-state index is 11.8. The monoisotopic (exact) mass is 260 g/mol. The second-order valence-electron chi connectivity index (χ2n) is 4.53. The highest BCUT2D eigenvalue weighted by Crippen LogP contribution is 2.20. The summed E-state index contributed by atoms with van der Waals surface area (Å²) in [6.45, 7) is 5.43. The van der Waals surface area contributed by atoms with Crippen molar-refractivity contribution in [2.45, 2.75) is 12.8 Å². The van der Waals surface area contributed by atoms with Crippen LogP contribution < -0.4 is 0 Å². The lowest BCUT2D eigenvalue weighted by Crippen LogP contribution is -2.07. The van der Waals surface area contributed by atoms with Gasteiger partial charge in [0.25, 0.3) is 0 Å². The van der Waals surface area contributed by atoms with Gasteiger partial charge in [-0.3, -0.25) is 4.79 Å². The highest BCUT2D eigenvalue weighted by atomic mass is 16.1. The van der Waals surface area contributed by atoms with Crippen LogP contribution in [0, 0.1) is 11.8 Å². The standard InChI is InChI=1S/C19H16O/c1-3-19(20)15(2)18-12-8-7-11-17(18)14-13-16-9-5-4-6-10-16/h3-12,15H,1H2,2H3. The molecule has 0 spiro atoms. The highest BCUT2D eigenvalue weighted by molar-refractivity contribution is 5.95. The van der Waals surface area contributed by atoms with E-state index in [1.54, 1.807) is 0 Å². The topological polar surface area (TPSA) is 17.1 Å². The number of hydrogen-bond donors (Lipinski definition) is 0. The summed E-state index contributed by atoms with van der Waals surface area (Å²) in [5.74, 6) is 6.08. The van der Waals surface area contributed by atoms with E-state index in [1.807, 2.05) is 61.5 Å². The number of ketones is 1. The maximum Gasteiger partial charge on any atom is 0.162 e. The van der Waals surface area contributed by atoms with E-state index < -0.39 is 0 Å². The largest absolute Gasteiger partial charge is 0.294 e. The zero-order valence-corrected chi connectivity index (χ0v) is 11.5. The molecular formula is C19H16O. The van der Waals surface area contributed by atoms with Crippen LogP contribution in [0.4, 0.5) is 0 Å². The third kappa shape index (κ3) is 3.24. The fraction of sp³-hybridized carbons (Fsp3) is 0.105. The first-order valence-electron chi connectivity index (χ1n) is 6.54. The molecule has 0 saturated heterocycles. The van der Waals surface area contributed by atoms with E-state index in [9.17, 15) is 4.79 Å². The van der Waals surface area contributed by atoms with Crippen molar-refractivity contribution in [3.05, 3.63) is 83.9 Å². The lowest BCUT2D eigenvalue weighted by molar-refractivity contribution is -0.115. The lowest BCUT2D eigenvalue weighted by atomic mass is 9.92. The summed E-state index contributed by atoms with van der Waals surface area (Å²) in [6, 6.07) is 17.6. The predicted octanol–water partition coefficient (Wildman–Crippen LogP) is 3.95. The number of benzene rings is 2. The minimum atomic E-state index is -0.214. The van der Waals surface area contributed by atoms with Crippen molar-refractivity contribution in [3.63, 3.8) is 0 Å². The molecule has 2 rings (SSSR count). The molecule has 1 atom stereocenters. The normalized spacial score (nSPS) is 11.1. The van der Waals surface area contributed by atoms with Crippen molar-refractivity contribution in [1.29, 1.82) is 0 Å². The summed E-state index contributed by atoms with van der Waals surface area (Å²) >= 11 is 0. The van der Waals surface area contributed by atoms with Gasteiger partial charge in [0.2, 0.25) is 0 Å². The van der Waals surface area contributed by atoms with Gasteiger partial charge in [0.15, 0.2) is 5.78 Å². The molecule has 0 N–H and O–H groups in total. The molecule has 98 valence electrons. The Morgan fingerprint density at radius 3 is 2.40 bits per heavy atom. The Morgan fingerprint density at radius 1 is 1.05 bits per heavy atom. The van der Waals surface area contributed by atoms with Crippen molar-refractivity contribution in [1.82, 2.24) is 0 Å². The van der Waals surface area contributed by atoms with Crippen LogP contribution in [0.15, 0.2) is 67.3 Å². The Hall–Kier alpha value is -2.59. The number of allylic oxidation sites excluding steroid dienone is 1. The van der Waals surface area contributed by atoms with Crippen molar-refractivity contribution in [2.24, 2.45) is 0 Å². The van der Waals surface area contributed by atoms with Gasteiger partial charge >= 0.3 is 0 Å². The predicted molar refractivity (Wildman–Crippen MR) is 82.5 cm³/mol. The van der Waals surface area contributed by atoms with Gasteiger partial charge in [0.05, 0.1) is 0 Å². The van der Waals surface area contributed by atoms with E-state index in [1.165, 1.54) is 6.08 Å². The lowest BCUT2D eigenvalue weighted by Gasteiger charge is -2.10. The molecule has 20 heavy (non-hydrogen) atoms. The van der Waals surface area contributed by atoms with E-state index in [4.69, 9.17) is 0 Å². The van der Waals surface area contributed by atoms with Gasteiger partial charge in [-0.2, -0.15) is 0 Å². The Balaban J connectivity index is 2.37. The van der Waals surface area contributed by atoms with Gasteiger partial charge in [0.1, 0.15) is 0 Å². The van der Waals surface area contributed by atoms with E-state index in [0.717, 1.165) is 16.7 Å². The molecular weight excluding hydrogens is 244 g/mol. The Morgan fingerprint density at radius 2 is 1.70 bits per heavy atom. The Labute approximate surface area is 120 Å².